The molecule has 9 heteroatoms. The first-order chi connectivity index (χ1) is 14.7. The van der Waals surface area contributed by atoms with Gasteiger partial charge in [-0.2, -0.15) is 0 Å². The van der Waals surface area contributed by atoms with Gasteiger partial charge in [0, 0.05) is 29.4 Å². The van der Waals surface area contributed by atoms with Crippen molar-refractivity contribution >= 4 is 39.1 Å². The number of aromatic nitrogens is 6. The molecule has 0 amide bonds. The van der Waals surface area contributed by atoms with Crippen LogP contribution >= 0.6 is 23.1 Å². The van der Waals surface area contributed by atoms with Crippen molar-refractivity contribution in [3.8, 4) is 11.4 Å². The maximum absolute atomic E-state index is 6.39. The van der Waals surface area contributed by atoms with E-state index in [-0.39, 0.29) is 0 Å². The lowest BCUT2D eigenvalue weighted by molar-refractivity contribution is 0.687. The van der Waals surface area contributed by atoms with Crippen molar-refractivity contribution in [2.75, 3.05) is 5.73 Å². The number of fused-ring (bicyclic) bond motifs is 3. The van der Waals surface area contributed by atoms with E-state index in [2.05, 4.69) is 31.7 Å². The Morgan fingerprint density at radius 2 is 1.93 bits per heavy atom. The van der Waals surface area contributed by atoms with Crippen LogP contribution in [-0.4, -0.2) is 29.7 Å². The van der Waals surface area contributed by atoms with Gasteiger partial charge in [-0.3, -0.25) is 4.98 Å². The minimum atomic E-state index is 0.608. The van der Waals surface area contributed by atoms with Gasteiger partial charge in [0.25, 0.3) is 0 Å². The van der Waals surface area contributed by atoms with Crippen LogP contribution in [0.25, 0.3) is 21.6 Å². The second-order valence-corrected chi connectivity index (χ2v) is 9.37. The van der Waals surface area contributed by atoms with Gasteiger partial charge < -0.3 is 10.3 Å². The number of hydrogen-bond donors (Lipinski definition) is 1. The quantitative estimate of drug-likeness (QED) is 0.362. The van der Waals surface area contributed by atoms with Crippen molar-refractivity contribution in [2.24, 2.45) is 0 Å². The Bertz CT molecular complexity index is 1180. The number of hydrogen-bond acceptors (Lipinski definition) is 8. The lowest BCUT2D eigenvalue weighted by Gasteiger charge is -2.07. The Kier molecular flexibility index (Phi) is 5.39. The molecule has 4 aromatic heterocycles. The summed E-state index contributed by atoms with van der Waals surface area (Å²) in [6.45, 7) is 2.88. The zero-order valence-corrected chi connectivity index (χ0v) is 18.5. The van der Waals surface area contributed by atoms with Crippen molar-refractivity contribution in [1.82, 2.24) is 29.7 Å². The summed E-state index contributed by atoms with van der Waals surface area (Å²) in [4.78, 5) is 16.0. The number of aryl methyl sites for hydroxylation is 2. The molecule has 0 fully saturated rings. The third-order valence-corrected chi connectivity index (χ3v) is 7.59. The minimum Gasteiger partial charge on any atom is -0.383 e. The third-order valence-electron chi connectivity index (χ3n) is 5.44. The molecule has 0 atom stereocenters. The van der Waals surface area contributed by atoms with E-state index in [4.69, 9.17) is 10.7 Å². The molecule has 0 unspecified atom stereocenters. The molecular weight excluding hydrogens is 414 g/mol. The number of thiophene rings is 1. The van der Waals surface area contributed by atoms with Gasteiger partial charge in [0.05, 0.1) is 11.1 Å². The maximum atomic E-state index is 6.39. The summed E-state index contributed by atoms with van der Waals surface area (Å²) in [6.07, 6.45) is 9.53. The number of nitrogens with zero attached hydrogens (tertiary/aromatic N) is 6. The van der Waals surface area contributed by atoms with Crippen LogP contribution in [0.5, 0.6) is 0 Å². The Labute approximate surface area is 183 Å². The van der Waals surface area contributed by atoms with Crippen LogP contribution in [0.4, 0.5) is 5.82 Å². The molecule has 4 aromatic rings. The number of pyridine rings is 1. The van der Waals surface area contributed by atoms with Crippen LogP contribution in [0.1, 0.15) is 42.5 Å². The van der Waals surface area contributed by atoms with Gasteiger partial charge >= 0.3 is 0 Å². The average molecular weight is 438 g/mol. The van der Waals surface area contributed by atoms with Crippen molar-refractivity contribution in [3.05, 3.63) is 40.8 Å². The van der Waals surface area contributed by atoms with Crippen LogP contribution in [0, 0.1) is 0 Å². The molecular formula is C21H23N7S2. The van der Waals surface area contributed by atoms with Gasteiger partial charge in [-0.1, -0.05) is 18.2 Å². The van der Waals surface area contributed by atoms with Crippen LogP contribution in [0.15, 0.2) is 29.7 Å². The summed E-state index contributed by atoms with van der Waals surface area (Å²) in [6, 6.07) is 3.90. The molecule has 0 aliphatic heterocycles. The summed E-state index contributed by atoms with van der Waals surface area (Å²) in [5.74, 6) is 2.82. The van der Waals surface area contributed by atoms with Gasteiger partial charge in [0.15, 0.2) is 11.0 Å². The average Bonchev–Trinajstić information content (AvgIpc) is 3.26. The van der Waals surface area contributed by atoms with Crippen LogP contribution in [0.2, 0.25) is 0 Å². The molecule has 1 aliphatic carbocycles. The van der Waals surface area contributed by atoms with E-state index in [1.165, 1.54) is 29.7 Å². The molecule has 5 rings (SSSR count). The highest BCUT2D eigenvalue weighted by atomic mass is 32.2. The predicted octanol–water partition coefficient (Wildman–Crippen LogP) is 4.51. The van der Waals surface area contributed by atoms with Crippen molar-refractivity contribution in [3.63, 3.8) is 0 Å². The van der Waals surface area contributed by atoms with E-state index in [0.29, 0.717) is 11.6 Å². The van der Waals surface area contributed by atoms with Gasteiger partial charge in [0.1, 0.15) is 16.5 Å². The second kappa shape index (κ2) is 8.31. The molecule has 7 nitrogen and oxygen atoms in total. The molecule has 0 bridgehead atoms. The molecule has 4 heterocycles. The SMILES string of the molecule is CCn1c(SCc2nc(N)c3c4c(sc3n2)CCCCC4)nnc1-c1ccncc1. The zero-order valence-electron chi connectivity index (χ0n) is 16.8. The number of nitrogens with two attached hydrogens (primary N) is 1. The van der Waals surface area contributed by atoms with Gasteiger partial charge in [-0.05, 0) is 50.3 Å². The standard InChI is InChI=1S/C21H23N7S2/c1-2-28-19(13-8-10-23-11-9-13)26-27-21(28)29-12-16-24-18(22)17-14-6-4-3-5-7-15(14)30-20(17)25-16/h8-11H,2-7,12H2,1H3,(H2,22,24,25). The highest BCUT2D eigenvalue weighted by Crippen LogP contribution is 2.37. The molecule has 0 radical (unpaired) electrons. The van der Waals surface area contributed by atoms with Crippen molar-refractivity contribution < 1.29 is 0 Å². The van der Waals surface area contributed by atoms with E-state index in [0.717, 1.165) is 52.0 Å². The first-order valence-electron chi connectivity index (χ1n) is 10.3. The lowest BCUT2D eigenvalue weighted by atomic mass is 10.1. The molecule has 1 aliphatic rings. The van der Waals surface area contributed by atoms with Gasteiger partial charge in [-0.25, -0.2) is 9.97 Å². The maximum Gasteiger partial charge on any atom is 0.191 e. The number of rotatable bonds is 5. The van der Waals surface area contributed by atoms with Crippen LogP contribution < -0.4 is 5.73 Å². The normalized spacial score (nSPS) is 14.0. The van der Waals surface area contributed by atoms with Crippen molar-refractivity contribution in [1.29, 1.82) is 0 Å². The van der Waals surface area contributed by atoms with Gasteiger partial charge in [0.2, 0.25) is 0 Å². The van der Waals surface area contributed by atoms with E-state index in [1.807, 2.05) is 12.1 Å². The third kappa shape index (κ3) is 3.56. The highest BCUT2D eigenvalue weighted by Gasteiger charge is 2.20. The Hall–Kier alpha value is -2.52. The fraction of sp³-hybridized carbons (Fsp3) is 0.381. The summed E-state index contributed by atoms with van der Waals surface area (Å²) >= 11 is 3.39. The fourth-order valence-corrected chi connectivity index (χ4v) is 6.14. The Balaban J connectivity index is 1.41. The first-order valence-corrected chi connectivity index (χ1v) is 12.1. The topological polar surface area (TPSA) is 95.4 Å². The molecule has 0 spiro atoms. The number of thioether (sulfide) groups is 1. The molecule has 0 saturated carbocycles. The first kappa shape index (κ1) is 19.4. The molecule has 0 saturated heterocycles. The molecule has 30 heavy (non-hydrogen) atoms. The second-order valence-electron chi connectivity index (χ2n) is 7.34. The number of anilines is 1. The number of nitrogen functional groups attached to an aromatic ring is 1. The van der Waals surface area contributed by atoms with E-state index in [1.54, 1.807) is 35.5 Å². The van der Waals surface area contributed by atoms with E-state index < -0.39 is 0 Å². The zero-order chi connectivity index (χ0) is 20.5. The van der Waals surface area contributed by atoms with E-state index >= 15 is 0 Å². The summed E-state index contributed by atoms with van der Waals surface area (Å²) in [5.41, 5.74) is 8.78. The summed E-state index contributed by atoms with van der Waals surface area (Å²) in [5, 5.41) is 10.7. The summed E-state index contributed by atoms with van der Waals surface area (Å²) in [7, 11) is 0. The largest absolute Gasteiger partial charge is 0.383 e. The minimum absolute atomic E-state index is 0.608. The van der Waals surface area contributed by atoms with Crippen molar-refractivity contribution in [2.45, 2.75) is 56.5 Å². The predicted molar refractivity (Wildman–Crippen MR) is 122 cm³/mol. The Morgan fingerprint density at radius 3 is 2.77 bits per heavy atom. The fourth-order valence-electron chi connectivity index (χ4n) is 4.00. The molecule has 154 valence electrons. The highest BCUT2D eigenvalue weighted by molar-refractivity contribution is 7.98. The Morgan fingerprint density at radius 1 is 1.10 bits per heavy atom. The van der Waals surface area contributed by atoms with Crippen LogP contribution in [0.3, 0.4) is 0 Å². The summed E-state index contributed by atoms with van der Waals surface area (Å²) < 4.78 is 2.11. The molecule has 0 aromatic carbocycles. The van der Waals surface area contributed by atoms with Gasteiger partial charge in [-0.15, -0.1) is 21.5 Å². The molecule has 2 N–H and O–H groups in total. The smallest absolute Gasteiger partial charge is 0.191 e. The lowest BCUT2D eigenvalue weighted by Crippen LogP contribution is -2.02. The van der Waals surface area contributed by atoms with E-state index in [9.17, 15) is 0 Å². The van der Waals surface area contributed by atoms with Crippen LogP contribution in [-0.2, 0) is 25.1 Å². The monoisotopic (exact) mass is 437 g/mol.